The fraction of sp³-hybridized carbons (Fsp3) is 1.00. The lowest BCUT2D eigenvalue weighted by Crippen LogP contribution is -2.46. The van der Waals surface area contributed by atoms with E-state index >= 15 is 0 Å². The van der Waals surface area contributed by atoms with Gasteiger partial charge in [0.15, 0.2) is 0 Å². The Bertz CT molecular complexity index is 298. The predicted molar refractivity (Wildman–Crippen MR) is 87.4 cm³/mol. The minimum Gasteiger partial charge on any atom is -0.375 e. The Morgan fingerprint density at radius 1 is 1.20 bits per heavy atom. The summed E-state index contributed by atoms with van der Waals surface area (Å²) in [4.78, 5) is 0. The Balaban J connectivity index is 1.60. The standard InChI is InChI=1S/C17H31NOS/c1-2-9-18-16-5-3-4-15(16)14-6-10-19-17(13-14)7-11-20-12-8-17/h14-16,18H,2-13H2,1H3. The van der Waals surface area contributed by atoms with Crippen LogP contribution in [0.4, 0.5) is 0 Å². The first kappa shape index (κ1) is 15.2. The van der Waals surface area contributed by atoms with Crippen molar-refractivity contribution in [1.29, 1.82) is 0 Å². The van der Waals surface area contributed by atoms with Crippen molar-refractivity contribution in [3.05, 3.63) is 0 Å². The first-order valence-corrected chi connectivity index (χ1v) is 9.93. The maximum atomic E-state index is 6.28. The second kappa shape index (κ2) is 7.02. The van der Waals surface area contributed by atoms with Crippen LogP contribution in [0, 0.1) is 11.8 Å². The molecule has 2 aliphatic heterocycles. The van der Waals surface area contributed by atoms with E-state index in [2.05, 4.69) is 24.0 Å². The fourth-order valence-corrected chi connectivity index (χ4v) is 5.90. The molecule has 2 nitrogen and oxygen atoms in total. The molecular weight excluding hydrogens is 266 g/mol. The van der Waals surface area contributed by atoms with Gasteiger partial charge in [-0.05, 0) is 74.8 Å². The molecule has 3 fully saturated rings. The summed E-state index contributed by atoms with van der Waals surface area (Å²) in [6, 6.07) is 0.799. The number of ether oxygens (including phenoxy) is 1. The van der Waals surface area contributed by atoms with E-state index in [1.54, 1.807) is 0 Å². The van der Waals surface area contributed by atoms with Crippen LogP contribution in [0.25, 0.3) is 0 Å². The van der Waals surface area contributed by atoms with Crippen molar-refractivity contribution in [2.24, 2.45) is 11.8 Å². The van der Waals surface area contributed by atoms with Gasteiger partial charge in [0.2, 0.25) is 0 Å². The van der Waals surface area contributed by atoms with Gasteiger partial charge < -0.3 is 10.1 Å². The van der Waals surface area contributed by atoms with Crippen LogP contribution in [0.5, 0.6) is 0 Å². The van der Waals surface area contributed by atoms with E-state index in [1.807, 2.05) is 0 Å². The Morgan fingerprint density at radius 2 is 2.05 bits per heavy atom. The molecule has 0 bridgehead atoms. The number of hydrogen-bond donors (Lipinski definition) is 1. The number of thioether (sulfide) groups is 1. The van der Waals surface area contributed by atoms with E-state index in [4.69, 9.17) is 4.74 Å². The van der Waals surface area contributed by atoms with Crippen LogP contribution in [0.1, 0.15) is 58.3 Å². The molecule has 3 aliphatic rings. The zero-order valence-electron chi connectivity index (χ0n) is 13.0. The summed E-state index contributed by atoms with van der Waals surface area (Å²) in [6.45, 7) is 4.50. The molecule has 0 aromatic carbocycles. The third kappa shape index (κ3) is 3.36. The Morgan fingerprint density at radius 3 is 2.85 bits per heavy atom. The third-order valence-corrected chi connectivity index (χ3v) is 6.75. The van der Waals surface area contributed by atoms with E-state index < -0.39 is 0 Å². The summed E-state index contributed by atoms with van der Waals surface area (Å²) >= 11 is 2.12. The lowest BCUT2D eigenvalue weighted by atomic mass is 9.74. The summed E-state index contributed by atoms with van der Waals surface area (Å²) in [5, 5.41) is 3.83. The Kier molecular flexibility index (Phi) is 5.33. The van der Waals surface area contributed by atoms with Crippen LogP contribution in [0.15, 0.2) is 0 Å². The highest BCUT2D eigenvalue weighted by molar-refractivity contribution is 7.99. The molecule has 2 heterocycles. The molecule has 0 radical (unpaired) electrons. The lowest BCUT2D eigenvalue weighted by Gasteiger charge is -2.45. The van der Waals surface area contributed by atoms with E-state index in [-0.39, 0.29) is 5.60 Å². The quantitative estimate of drug-likeness (QED) is 0.851. The molecule has 3 atom stereocenters. The zero-order chi connectivity index (χ0) is 13.8. The molecule has 0 aromatic heterocycles. The van der Waals surface area contributed by atoms with Gasteiger partial charge in [-0.2, -0.15) is 11.8 Å². The van der Waals surface area contributed by atoms with Crippen molar-refractivity contribution in [3.8, 4) is 0 Å². The summed E-state index contributed by atoms with van der Waals surface area (Å²) in [5.74, 6) is 4.48. The molecule has 3 unspecified atom stereocenters. The molecule has 0 amide bonds. The molecule has 1 N–H and O–H groups in total. The Hall–Kier alpha value is 0.270. The van der Waals surface area contributed by atoms with Crippen molar-refractivity contribution in [2.75, 3.05) is 24.7 Å². The van der Waals surface area contributed by atoms with Crippen LogP contribution in [-0.2, 0) is 4.74 Å². The van der Waals surface area contributed by atoms with Crippen molar-refractivity contribution in [2.45, 2.75) is 69.9 Å². The van der Waals surface area contributed by atoms with Crippen molar-refractivity contribution >= 4 is 11.8 Å². The monoisotopic (exact) mass is 297 g/mol. The SMILES string of the molecule is CCCNC1CCCC1C1CCOC2(CCSCC2)C1. The summed E-state index contributed by atoms with van der Waals surface area (Å²) in [6.07, 6.45) is 10.8. The topological polar surface area (TPSA) is 21.3 Å². The Labute approximate surface area is 128 Å². The third-order valence-electron chi connectivity index (χ3n) is 5.77. The van der Waals surface area contributed by atoms with Gasteiger partial charge in [-0.1, -0.05) is 13.3 Å². The normalized spacial score (nSPS) is 37.4. The van der Waals surface area contributed by atoms with Gasteiger partial charge in [0.05, 0.1) is 5.60 Å². The van der Waals surface area contributed by atoms with Crippen LogP contribution >= 0.6 is 11.8 Å². The number of rotatable bonds is 4. The van der Waals surface area contributed by atoms with Gasteiger partial charge in [0.1, 0.15) is 0 Å². The second-order valence-electron chi connectivity index (χ2n) is 7.05. The first-order valence-electron chi connectivity index (χ1n) is 8.78. The first-order chi connectivity index (χ1) is 9.83. The summed E-state index contributed by atoms with van der Waals surface area (Å²) < 4.78 is 6.28. The second-order valence-corrected chi connectivity index (χ2v) is 8.28. The van der Waals surface area contributed by atoms with Crippen molar-refractivity contribution < 1.29 is 4.74 Å². The molecule has 2 saturated heterocycles. The highest BCUT2D eigenvalue weighted by Crippen LogP contribution is 2.45. The molecular formula is C17H31NOS. The van der Waals surface area contributed by atoms with Gasteiger partial charge in [-0.15, -0.1) is 0 Å². The molecule has 1 aliphatic carbocycles. The van der Waals surface area contributed by atoms with Gasteiger partial charge in [-0.25, -0.2) is 0 Å². The predicted octanol–water partition coefficient (Wildman–Crippen LogP) is 3.85. The van der Waals surface area contributed by atoms with E-state index in [9.17, 15) is 0 Å². The maximum absolute atomic E-state index is 6.28. The molecule has 3 heteroatoms. The van der Waals surface area contributed by atoms with Crippen molar-refractivity contribution in [3.63, 3.8) is 0 Å². The van der Waals surface area contributed by atoms with Crippen LogP contribution < -0.4 is 5.32 Å². The van der Waals surface area contributed by atoms with Crippen molar-refractivity contribution in [1.82, 2.24) is 5.32 Å². The van der Waals surface area contributed by atoms with Crippen LogP contribution in [0.2, 0.25) is 0 Å². The minimum absolute atomic E-state index is 0.270. The lowest BCUT2D eigenvalue weighted by molar-refractivity contribution is -0.111. The largest absolute Gasteiger partial charge is 0.375 e. The van der Waals surface area contributed by atoms with E-state index in [0.29, 0.717) is 0 Å². The highest BCUT2D eigenvalue weighted by atomic mass is 32.2. The molecule has 3 rings (SSSR count). The van der Waals surface area contributed by atoms with Gasteiger partial charge in [0, 0.05) is 12.6 Å². The molecule has 1 saturated carbocycles. The number of hydrogen-bond acceptors (Lipinski definition) is 3. The van der Waals surface area contributed by atoms with Gasteiger partial charge >= 0.3 is 0 Å². The van der Waals surface area contributed by atoms with Crippen LogP contribution in [-0.4, -0.2) is 36.3 Å². The molecule has 0 aromatic rings. The molecule has 20 heavy (non-hydrogen) atoms. The van der Waals surface area contributed by atoms with E-state index in [1.165, 1.54) is 69.4 Å². The summed E-state index contributed by atoms with van der Waals surface area (Å²) in [5.41, 5.74) is 0.270. The molecule has 1 spiro atoms. The average molecular weight is 298 g/mol. The average Bonchev–Trinajstić information content (AvgIpc) is 2.94. The minimum atomic E-state index is 0.270. The van der Waals surface area contributed by atoms with E-state index in [0.717, 1.165) is 24.5 Å². The van der Waals surface area contributed by atoms with Gasteiger partial charge in [0.25, 0.3) is 0 Å². The molecule has 116 valence electrons. The van der Waals surface area contributed by atoms with Crippen LogP contribution in [0.3, 0.4) is 0 Å². The fourth-order valence-electron chi connectivity index (χ4n) is 4.66. The zero-order valence-corrected chi connectivity index (χ0v) is 13.9. The maximum Gasteiger partial charge on any atom is 0.0701 e. The number of nitrogens with one attached hydrogen (secondary N) is 1. The smallest absolute Gasteiger partial charge is 0.0701 e. The van der Waals surface area contributed by atoms with Gasteiger partial charge in [-0.3, -0.25) is 0 Å². The summed E-state index contributed by atoms with van der Waals surface area (Å²) in [7, 11) is 0. The highest BCUT2D eigenvalue weighted by Gasteiger charge is 2.43.